The van der Waals surface area contributed by atoms with Crippen LogP contribution in [-0.4, -0.2) is 11.2 Å². The molecule has 0 aliphatic heterocycles. The van der Waals surface area contributed by atoms with E-state index in [9.17, 15) is 0 Å². The minimum atomic E-state index is 0.582. The minimum Gasteiger partial charge on any atom is -0.468 e. The van der Waals surface area contributed by atoms with E-state index in [1.165, 1.54) is 16.0 Å². The summed E-state index contributed by atoms with van der Waals surface area (Å²) in [4.78, 5) is 3.68. The Labute approximate surface area is 153 Å². The van der Waals surface area contributed by atoms with Crippen LogP contribution in [0.5, 0.6) is 0 Å². The fraction of sp³-hybridized carbons (Fsp3) is 0.238. The predicted molar refractivity (Wildman–Crippen MR) is 104 cm³/mol. The molecule has 3 nitrogen and oxygen atoms in total. The highest BCUT2D eigenvalue weighted by Gasteiger charge is 2.10. The number of nitrogens with zero attached hydrogens (tertiary/aromatic N) is 1. The molecule has 0 fully saturated rings. The number of rotatable bonds is 8. The fourth-order valence-corrected chi connectivity index (χ4v) is 3.23. The Morgan fingerprint density at radius 1 is 0.840 bits per heavy atom. The SMILES string of the molecule is CSc1ccc(CN(Cc2ccc(CN)cc2)Cc2ccco2)cc1. The van der Waals surface area contributed by atoms with Crippen molar-refractivity contribution in [1.29, 1.82) is 0 Å². The van der Waals surface area contributed by atoms with Crippen LogP contribution in [0.25, 0.3) is 0 Å². The summed E-state index contributed by atoms with van der Waals surface area (Å²) >= 11 is 1.77. The highest BCUT2D eigenvalue weighted by molar-refractivity contribution is 7.98. The van der Waals surface area contributed by atoms with Gasteiger partial charge < -0.3 is 10.2 Å². The molecule has 0 radical (unpaired) electrons. The van der Waals surface area contributed by atoms with E-state index in [0.29, 0.717) is 6.54 Å². The van der Waals surface area contributed by atoms with E-state index in [4.69, 9.17) is 10.2 Å². The van der Waals surface area contributed by atoms with E-state index in [1.54, 1.807) is 18.0 Å². The predicted octanol–water partition coefficient (Wildman–Crippen LogP) is 4.66. The maximum absolute atomic E-state index is 5.69. The molecule has 4 heteroatoms. The van der Waals surface area contributed by atoms with Crippen LogP contribution >= 0.6 is 11.8 Å². The lowest BCUT2D eigenvalue weighted by Crippen LogP contribution is -2.22. The molecule has 1 aromatic heterocycles. The van der Waals surface area contributed by atoms with E-state index in [0.717, 1.165) is 31.0 Å². The Balaban J connectivity index is 1.73. The van der Waals surface area contributed by atoms with Crippen molar-refractivity contribution in [3.63, 3.8) is 0 Å². The molecule has 2 N–H and O–H groups in total. The first kappa shape index (κ1) is 17.8. The van der Waals surface area contributed by atoms with Crippen LogP contribution in [0.3, 0.4) is 0 Å². The van der Waals surface area contributed by atoms with Gasteiger partial charge in [0.25, 0.3) is 0 Å². The third kappa shape index (κ3) is 5.23. The Morgan fingerprint density at radius 3 is 1.96 bits per heavy atom. The second-order valence-corrected chi connectivity index (χ2v) is 6.97. The van der Waals surface area contributed by atoms with E-state index in [2.05, 4.69) is 59.7 Å². The zero-order valence-electron chi connectivity index (χ0n) is 14.5. The Hall–Kier alpha value is -2.01. The van der Waals surface area contributed by atoms with Gasteiger partial charge in [0.2, 0.25) is 0 Å². The van der Waals surface area contributed by atoms with Gasteiger partial charge >= 0.3 is 0 Å². The van der Waals surface area contributed by atoms with Crippen LogP contribution in [0.2, 0.25) is 0 Å². The lowest BCUT2D eigenvalue weighted by Gasteiger charge is -2.22. The summed E-state index contributed by atoms with van der Waals surface area (Å²) in [6.45, 7) is 3.12. The van der Waals surface area contributed by atoms with E-state index in [1.807, 2.05) is 12.1 Å². The molecule has 25 heavy (non-hydrogen) atoms. The first-order chi connectivity index (χ1) is 12.3. The standard InChI is InChI=1S/C21H24N2OS/c1-25-21-10-8-19(9-11-21)15-23(16-20-3-2-12-24-20)14-18-6-4-17(13-22)5-7-18/h2-12H,13-16,22H2,1H3. The van der Waals surface area contributed by atoms with Gasteiger partial charge in [-0.15, -0.1) is 11.8 Å². The van der Waals surface area contributed by atoms with Gasteiger partial charge in [-0.25, -0.2) is 0 Å². The van der Waals surface area contributed by atoms with Gasteiger partial charge in [0.15, 0.2) is 0 Å². The fourth-order valence-electron chi connectivity index (χ4n) is 2.82. The van der Waals surface area contributed by atoms with Crippen LogP contribution in [0.1, 0.15) is 22.5 Å². The van der Waals surface area contributed by atoms with Gasteiger partial charge in [-0.1, -0.05) is 36.4 Å². The molecular weight excluding hydrogens is 328 g/mol. The monoisotopic (exact) mass is 352 g/mol. The second kappa shape index (κ2) is 8.90. The molecule has 2 aromatic carbocycles. The van der Waals surface area contributed by atoms with Crippen molar-refractivity contribution in [1.82, 2.24) is 4.90 Å². The Bertz CT molecular complexity index is 702. The molecule has 0 atom stereocenters. The van der Waals surface area contributed by atoms with Crippen LogP contribution in [0, 0.1) is 0 Å². The molecule has 0 bridgehead atoms. The van der Waals surface area contributed by atoms with Gasteiger partial charge in [0.05, 0.1) is 12.8 Å². The maximum Gasteiger partial charge on any atom is 0.117 e. The molecule has 3 rings (SSSR count). The molecule has 3 aromatic rings. The van der Waals surface area contributed by atoms with Gasteiger partial charge in [-0.2, -0.15) is 0 Å². The molecule has 0 amide bonds. The normalized spacial score (nSPS) is 11.2. The lowest BCUT2D eigenvalue weighted by molar-refractivity contribution is 0.227. The highest BCUT2D eigenvalue weighted by Crippen LogP contribution is 2.18. The second-order valence-electron chi connectivity index (χ2n) is 6.09. The topological polar surface area (TPSA) is 42.4 Å². The van der Waals surface area contributed by atoms with E-state index >= 15 is 0 Å². The van der Waals surface area contributed by atoms with Gasteiger partial charge in [-0.3, -0.25) is 4.90 Å². The largest absolute Gasteiger partial charge is 0.468 e. The van der Waals surface area contributed by atoms with Crippen molar-refractivity contribution in [3.8, 4) is 0 Å². The molecular formula is C21H24N2OS. The number of furan rings is 1. The molecule has 0 saturated carbocycles. The van der Waals surface area contributed by atoms with Crippen molar-refractivity contribution in [2.45, 2.75) is 31.1 Å². The smallest absolute Gasteiger partial charge is 0.117 e. The number of benzene rings is 2. The van der Waals surface area contributed by atoms with Crippen LogP contribution in [0.15, 0.2) is 76.2 Å². The Kier molecular flexibility index (Phi) is 6.34. The first-order valence-electron chi connectivity index (χ1n) is 8.42. The summed E-state index contributed by atoms with van der Waals surface area (Å²) in [6.07, 6.45) is 3.83. The third-order valence-electron chi connectivity index (χ3n) is 4.19. The van der Waals surface area contributed by atoms with Crippen molar-refractivity contribution < 1.29 is 4.42 Å². The lowest BCUT2D eigenvalue weighted by atomic mass is 10.1. The summed E-state index contributed by atoms with van der Waals surface area (Å²) in [6, 6.07) is 21.3. The van der Waals surface area contributed by atoms with Crippen LogP contribution in [0.4, 0.5) is 0 Å². The zero-order chi connectivity index (χ0) is 17.5. The molecule has 1 heterocycles. The Morgan fingerprint density at radius 2 is 1.44 bits per heavy atom. The minimum absolute atomic E-state index is 0.582. The molecule has 0 saturated heterocycles. The summed E-state index contributed by atoms with van der Waals surface area (Å²) in [5.74, 6) is 0.985. The van der Waals surface area contributed by atoms with Crippen LogP contribution in [-0.2, 0) is 26.2 Å². The zero-order valence-corrected chi connectivity index (χ0v) is 15.3. The number of hydrogen-bond acceptors (Lipinski definition) is 4. The average Bonchev–Trinajstić information content (AvgIpc) is 3.16. The average molecular weight is 353 g/mol. The molecule has 130 valence electrons. The highest BCUT2D eigenvalue weighted by atomic mass is 32.2. The van der Waals surface area contributed by atoms with Gasteiger partial charge in [0, 0.05) is 24.5 Å². The summed E-state index contributed by atoms with van der Waals surface area (Å²) in [5, 5.41) is 0. The molecule has 0 aliphatic rings. The number of hydrogen-bond donors (Lipinski definition) is 1. The quantitative estimate of drug-likeness (QED) is 0.599. The first-order valence-corrected chi connectivity index (χ1v) is 9.65. The van der Waals surface area contributed by atoms with Crippen molar-refractivity contribution in [3.05, 3.63) is 89.4 Å². The maximum atomic E-state index is 5.69. The number of nitrogens with two attached hydrogens (primary N) is 1. The van der Waals surface area contributed by atoms with Crippen molar-refractivity contribution in [2.75, 3.05) is 6.26 Å². The van der Waals surface area contributed by atoms with E-state index < -0.39 is 0 Å². The summed E-state index contributed by atoms with van der Waals surface area (Å²) < 4.78 is 5.55. The molecule has 0 spiro atoms. The van der Waals surface area contributed by atoms with E-state index in [-0.39, 0.29) is 0 Å². The number of thioether (sulfide) groups is 1. The van der Waals surface area contributed by atoms with Crippen molar-refractivity contribution in [2.24, 2.45) is 5.73 Å². The van der Waals surface area contributed by atoms with Crippen molar-refractivity contribution >= 4 is 11.8 Å². The van der Waals surface area contributed by atoms with Gasteiger partial charge in [-0.05, 0) is 47.2 Å². The summed E-state index contributed by atoms with van der Waals surface area (Å²) in [5.41, 5.74) is 9.44. The third-order valence-corrected chi connectivity index (χ3v) is 4.93. The van der Waals surface area contributed by atoms with Gasteiger partial charge in [0.1, 0.15) is 5.76 Å². The summed E-state index contributed by atoms with van der Waals surface area (Å²) in [7, 11) is 0. The molecule has 0 aliphatic carbocycles. The molecule has 0 unspecified atom stereocenters. The van der Waals surface area contributed by atoms with Crippen LogP contribution < -0.4 is 5.73 Å².